The van der Waals surface area contributed by atoms with Crippen LogP contribution in [0.3, 0.4) is 0 Å². The van der Waals surface area contributed by atoms with Crippen LogP contribution in [0.5, 0.6) is 5.75 Å². The van der Waals surface area contributed by atoms with Crippen molar-refractivity contribution in [2.45, 2.75) is 34.1 Å². The van der Waals surface area contributed by atoms with Crippen molar-refractivity contribution in [2.24, 2.45) is 16.8 Å². The van der Waals surface area contributed by atoms with Crippen molar-refractivity contribution in [1.82, 2.24) is 4.98 Å². The molecule has 0 saturated carbocycles. The van der Waals surface area contributed by atoms with Crippen LogP contribution in [0, 0.1) is 5.92 Å². The molecule has 1 aliphatic rings. The molecule has 2 heterocycles. The maximum absolute atomic E-state index is 13.4. The van der Waals surface area contributed by atoms with Crippen LogP contribution in [0.4, 0.5) is 10.1 Å². The zero-order valence-electron chi connectivity index (χ0n) is 16.2. The summed E-state index contributed by atoms with van der Waals surface area (Å²) >= 11 is 0. The van der Waals surface area contributed by atoms with Gasteiger partial charge in [0.15, 0.2) is 5.92 Å². The van der Waals surface area contributed by atoms with Crippen molar-refractivity contribution in [3.8, 4) is 16.9 Å². The van der Waals surface area contributed by atoms with Gasteiger partial charge < -0.3 is 10.5 Å². The van der Waals surface area contributed by atoms with Gasteiger partial charge >= 0.3 is 0 Å². The van der Waals surface area contributed by atoms with E-state index in [0.29, 0.717) is 22.7 Å². The molecule has 3 rings (SSSR count). The predicted octanol–water partition coefficient (Wildman–Crippen LogP) is 3.54. The number of carbonyl (C=O) groups excluding carboxylic acids is 2. The molecular weight excluding hydrogens is 363 g/mol. The molecular formula is C20H25FN4O3. The van der Waals surface area contributed by atoms with Crippen LogP contribution in [-0.2, 0) is 9.59 Å². The number of rotatable bonds is 5. The number of pyridine rings is 1. The molecule has 2 atom stereocenters. The number of ether oxygens (including phenoxy) is 1. The normalized spacial score (nSPS) is 16.8. The number of nitrogens with zero attached hydrogens (tertiary/aromatic N) is 3. The first-order chi connectivity index (χ1) is 13.4. The quantitative estimate of drug-likeness (QED) is 0.792. The number of nitrogens with two attached hydrogens (primary N) is 1. The van der Waals surface area contributed by atoms with E-state index in [2.05, 4.69) is 10.1 Å². The lowest BCUT2D eigenvalue weighted by Gasteiger charge is -2.18. The number of hydrogen-bond donors (Lipinski definition) is 1. The van der Waals surface area contributed by atoms with Crippen LogP contribution in [0.25, 0.3) is 11.1 Å². The van der Waals surface area contributed by atoms with Gasteiger partial charge in [-0.05, 0) is 42.8 Å². The van der Waals surface area contributed by atoms with E-state index in [1.54, 1.807) is 49.6 Å². The molecule has 0 fully saturated rings. The molecule has 8 heteroatoms. The predicted molar refractivity (Wildman–Crippen MR) is 108 cm³/mol. The summed E-state index contributed by atoms with van der Waals surface area (Å²) in [5.74, 6) is -2.04. The third-order valence-electron chi connectivity index (χ3n) is 3.90. The molecule has 0 spiro atoms. The van der Waals surface area contributed by atoms with Crippen molar-refractivity contribution in [3.63, 3.8) is 0 Å². The van der Waals surface area contributed by atoms with E-state index in [0.717, 1.165) is 10.6 Å². The smallest absolute Gasteiger partial charge is 0.265 e. The number of primary amides is 1. The van der Waals surface area contributed by atoms with Gasteiger partial charge in [-0.2, -0.15) is 10.1 Å². The van der Waals surface area contributed by atoms with Crippen LogP contribution in [0.15, 0.2) is 47.8 Å². The minimum atomic E-state index is -1.51. The summed E-state index contributed by atoms with van der Waals surface area (Å²) in [5.41, 5.74) is 7.33. The molecule has 150 valence electrons. The number of amides is 2. The lowest BCUT2D eigenvalue weighted by atomic mass is 10.0. The fourth-order valence-corrected chi connectivity index (χ4v) is 2.76. The molecule has 0 aliphatic carbocycles. The minimum Gasteiger partial charge on any atom is -0.460 e. The SMILES string of the molecule is CC.CC1=NN(c2ccc(OC(C)F)c(-c3ccncc3)c2)C(=O)C1C(N)=O.[HH]. The Bertz CT molecular complexity index is 891. The van der Waals surface area contributed by atoms with Crippen molar-refractivity contribution < 1.29 is 20.1 Å². The third kappa shape index (κ3) is 4.33. The number of hydrogen-bond acceptors (Lipinski definition) is 5. The van der Waals surface area contributed by atoms with Crippen LogP contribution in [0.1, 0.15) is 29.1 Å². The highest BCUT2D eigenvalue weighted by Gasteiger charge is 2.38. The lowest BCUT2D eigenvalue weighted by Crippen LogP contribution is -2.36. The van der Waals surface area contributed by atoms with Gasteiger partial charge in [-0.15, -0.1) is 0 Å². The molecule has 1 aliphatic heterocycles. The van der Waals surface area contributed by atoms with Crippen molar-refractivity contribution in [2.75, 3.05) is 5.01 Å². The molecule has 0 bridgehead atoms. The Kier molecular flexibility index (Phi) is 6.81. The van der Waals surface area contributed by atoms with E-state index >= 15 is 0 Å². The zero-order chi connectivity index (χ0) is 20.8. The fraction of sp³-hybridized carbons (Fsp3) is 0.300. The summed E-state index contributed by atoms with van der Waals surface area (Å²) in [4.78, 5) is 27.9. The van der Waals surface area contributed by atoms with E-state index in [-0.39, 0.29) is 1.43 Å². The van der Waals surface area contributed by atoms with Crippen molar-refractivity contribution >= 4 is 23.2 Å². The van der Waals surface area contributed by atoms with Gasteiger partial charge in [-0.1, -0.05) is 13.8 Å². The lowest BCUT2D eigenvalue weighted by molar-refractivity contribution is -0.128. The molecule has 0 radical (unpaired) electrons. The zero-order valence-corrected chi connectivity index (χ0v) is 16.2. The topological polar surface area (TPSA) is 97.9 Å². The second-order valence-electron chi connectivity index (χ2n) is 5.80. The number of anilines is 1. The Balaban J connectivity index is 0.00000136. The van der Waals surface area contributed by atoms with Crippen LogP contribution in [-0.4, -0.2) is 28.9 Å². The molecule has 2 amide bonds. The Hall–Kier alpha value is -3.29. The fourth-order valence-electron chi connectivity index (χ4n) is 2.76. The van der Waals surface area contributed by atoms with E-state index in [1.165, 1.54) is 6.92 Å². The number of halogens is 1. The third-order valence-corrected chi connectivity index (χ3v) is 3.90. The van der Waals surface area contributed by atoms with E-state index < -0.39 is 24.1 Å². The average molecular weight is 388 g/mol. The molecule has 28 heavy (non-hydrogen) atoms. The van der Waals surface area contributed by atoms with Gasteiger partial charge in [-0.3, -0.25) is 14.6 Å². The van der Waals surface area contributed by atoms with Gasteiger partial charge in [0, 0.05) is 26.3 Å². The van der Waals surface area contributed by atoms with Gasteiger partial charge in [0.25, 0.3) is 5.91 Å². The van der Waals surface area contributed by atoms with E-state index in [9.17, 15) is 14.0 Å². The molecule has 2 N–H and O–H groups in total. The maximum atomic E-state index is 13.4. The Morgan fingerprint density at radius 3 is 2.46 bits per heavy atom. The average Bonchev–Trinajstić information content (AvgIpc) is 2.98. The largest absolute Gasteiger partial charge is 0.460 e. The standard InChI is InChI=1S/C18H17FN4O3.C2H6.H2/c1-10-16(17(20)24)18(25)23(22-10)13-3-4-15(26-11(2)19)14(9-13)12-5-7-21-8-6-12;1-2;/h3-9,11,16H,1-2H3,(H2,20,24);1-2H3;1H. The Labute approximate surface area is 164 Å². The highest BCUT2D eigenvalue weighted by Crippen LogP contribution is 2.36. The monoisotopic (exact) mass is 388 g/mol. The Morgan fingerprint density at radius 1 is 1.29 bits per heavy atom. The molecule has 2 unspecified atom stereocenters. The van der Waals surface area contributed by atoms with Crippen molar-refractivity contribution in [1.29, 1.82) is 0 Å². The van der Waals surface area contributed by atoms with Gasteiger partial charge in [0.05, 0.1) is 11.4 Å². The first-order valence-electron chi connectivity index (χ1n) is 8.92. The summed E-state index contributed by atoms with van der Waals surface area (Å²) in [6.07, 6.45) is 1.68. The van der Waals surface area contributed by atoms with Gasteiger partial charge in [0.1, 0.15) is 5.75 Å². The van der Waals surface area contributed by atoms with Crippen LogP contribution in [0.2, 0.25) is 0 Å². The summed E-state index contributed by atoms with van der Waals surface area (Å²) < 4.78 is 18.6. The highest BCUT2D eigenvalue weighted by molar-refractivity contribution is 6.26. The van der Waals surface area contributed by atoms with Crippen LogP contribution < -0.4 is 15.5 Å². The number of carbonyl (C=O) groups is 2. The van der Waals surface area contributed by atoms with Crippen molar-refractivity contribution in [3.05, 3.63) is 42.7 Å². The molecule has 1 aromatic heterocycles. The molecule has 2 aromatic rings. The molecule has 7 nitrogen and oxygen atoms in total. The number of benzene rings is 1. The summed E-state index contributed by atoms with van der Waals surface area (Å²) in [5, 5.41) is 5.26. The van der Waals surface area contributed by atoms with E-state index in [4.69, 9.17) is 10.5 Å². The molecule has 1 aromatic carbocycles. The number of alkyl halides is 1. The summed E-state index contributed by atoms with van der Waals surface area (Å²) in [6.45, 7) is 6.85. The van der Waals surface area contributed by atoms with Gasteiger partial charge in [0.2, 0.25) is 12.3 Å². The summed E-state index contributed by atoms with van der Waals surface area (Å²) in [6, 6.07) is 8.24. The first-order valence-corrected chi connectivity index (χ1v) is 8.92. The maximum Gasteiger partial charge on any atom is 0.265 e. The van der Waals surface area contributed by atoms with Crippen LogP contribution >= 0.6 is 0 Å². The minimum absolute atomic E-state index is 0. The Morgan fingerprint density at radius 2 is 1.93 bits per heavy atom. The number of aromatic nitrogens is 1. The second kappa shape index (κ2) is 9.07. The van der Waals surface area contributed by atoms with E-state index in [1.807, 2.05) is 13.8 Å². The highest BCUT2D eigenvalue weighted by atomic mass is 19.1. The number of hydrazone groups is 1. The first kappa shape index (κ1) is 21.0. The second-order valence-corrected chi connectivity index (χ2v) is 5.80. The molecule has 0 saturated heterocycles. The van der Waals surface area contributed by atoms with Gasteiger partial charge in [-0.25, -0.2) is 4.39 Å². The summed E-state index contributed by atoms with van der Waals surface area (Å²) in [7, 11) is 0.